The van der Waals surface area contributed by atoms with E-state index < -0.39 is 23.7 Å². The molecule has 0 spiro atoms. The van der Waals surface area contributed by atoms with Crippen molar-refractivity contribution >= 4 is 52.4 Å². The number of para-hydroxylation sites is 1. The number of rotatable bonds is 7. The zero-order valence-corrected chi connectivity index (χ0v) is 21.1. The highest BCUT2D eigenvalue weighted by molar-refractivity contribution is 6.53. The van der Waals surface area contributed by atoms with Gasteiger partial charge in [0.15, 0.2) is 0 Å². The quantitative estimate of drug-likeness (QED) is 0.328. The molecule has 0 fully saturated rings. The van der Waals surface area contributed by atoms with E-state index in [1.54, 1.807) is 75.4 Å². The molecule has 1 heterocycles. The third-order valence-electron chi connectivity index (χ3n) is 5.48. The van der Waals surface area contributed by atoms with Crippen LogP contribution in [0, 0.1) is 6.92 Å². The lowest BCUT2D eigenvalue weighted by Crippen LogP contribution is -2.32. The maximum atomic E-state index is 13.1. The Labute approximate surface area is 218 Å². The molecule has 4 rings (SSSR count). The lowest BCUT2D eigenvalue weighted by Gasteiger charge is -2.17. The number of carbonyl (C=O) groups excluding carboxylic acids is 4. The SMILES string of the molecule is Cc1ccccc1N1C(=O)C(Cl)=C(Nc2cccc(C(=O)Nc3cccc(C(=O)OC(C)C)c3)c2)C1=O. The molecule has 0 atom stereocenters. The molecular weight excluding hydrogens is 494 g/mol. The van der Waals surface area contributed by atoms with Crippen LogP contribution < -0.4 is 15.5 Å². The third-order valence-corrected chi connectivity index (χ3v) is 5.83. The first-order chi connectivity index (χ1) is 17.7. The maximum Gasteiger partial charge on any atom is 0.338 e. The zero-order valence-electron chi connectivity index (χ0n) is 20.4. The number of aryl methyl sites for hydroxylation is 1. The van der Waals surface area contributed by atoms with Gasteiger partial charge in [0, 0.05) is 16.9 Å². The highest BCUT2D eigenvalue weighted by Crippen LogP contribution is 2.32. The Morgan fingerprint density at radius 2 is 1.51 bits per heavy atom. The van der Waals surface area contributed by atoms with Gasteiger partial charge < -0.3 is 15.4 Å². The molecule has 8 nitrogen and oxygen atoms in total. The zero-order chi connectivity index (χ0) is 26.7. The molecule has 0 saturated carbocycles. The topological polar surface area (TPSA) is 105 Å². The summed E-state index contributed by atoms with van der Waals surface area (Å²) in [5, 5.41) is 5.39. The predicted octanol–water partition coefficient (Wildman–Crippen LogP) is 5.25. The predicted molar refractivity (Wildman–Crippen MR) is 142 cm³/mol. The fraction of sp³-hybridized carbons (Fsp3) is 0.143. The number of imide groups is 1. The first-order valence-corrected chi connectivity index (χ1v) is 11.9. The molecule has 0 radical (unpaired) electrons. The van der Waals surface area contributed by atoms with Crippen LogP contribution in [-0.4, -0.2) is 29.8 Å². The van der Waals surface area contributed by atoms with Crippen LogP contribution in [0.3, 0.4) is 0 Å². The van der Waals surface area contributed by atoms with E-state index in [0.29, 0.717) is 22.6 Å². The number of carbonyl (C=O) groups is 4. The number of hydrogen-bond donors (Lipinski definition) is 2. The average Bonchev–Trinajstić information content (AvgIpc) is 3.07. The number of nitrogens with zero attached hydrogens (tertiary/aromatic N) is 1. The van der Waals surface area contributed by atoms with E-state index in [2.05, 4.69) is 10.6 Å². The van der Waals surface area contributed by atoms with Crippen molar-refractivity contribution in [1.82, 2.24) is 0 Å². The fourth-order valence-electron chi connectivity index (χ4n) is 3.74. The van der Waals surface area contributed by atoms with E-state index in [4.69, 9.17) is 16.3 Å². The highest BCUT2D eigenvalue weighted by Gasteiger charge is 2.39. The summed E-state index contributed by atoms with van der Waals surface area (Å²) in [6.07, 6.45) is -0.268. The largest absolute Gasteiger partial charge is 0.459 e. The Morgan fingerprint density at radius 1 is 0.865 bits per heavy atom. The molecule has 188 valence electrons. The number of nitrogens with one attached hydrogen (secondary N) is 2. The number of ether oxygens (including phenoxy) is 1. The summed E-state index contributed by atoms with van der Waals surface area (Å²) in [7, 11) is 0. The maximum absolute atomic E-state index is 13.1. The molecule has 0 saturated heterocycles. The van der Waals surface area contributed by atoms with Gasteiger partial charge in [-0.3, -0.25) is 14.4 Å². The van der Waals surface area contributed by atoms with Gasteiger partial charge in [-0.25, -0.2) is 9.69 Å². The smallest absolute Gasteiger partial charge is 0.338 e. The molecule has 0 aliphatic carbocycles. The number of esters is 1. The lowest BCUT2D eigenvalue weighted by molar-refractivity contribution is -0.120. The van der Waals surface area contributed by atoms with Crippen molar-refractivity contribution in [2.45, 2.75) is 26.9 Å². The van der Waals surface area contributed by atoms with Crippen molar-refractivity contribution < 1.29 is 23.9 Å². The minimum Gasteiger partial charge on any atom is -0.459 e. The van der Waals surface area contributed by atoms with E-state index in [1.165, 1.54) is 12.1 Å². The summed E-state index contributed by atoms with van der Waals surface area (Å²) in [5.74, 6) is -2.15. The molecule has 37 heavy (non-hydrogen) atoms. The van der Waals surface area contributed by atoms with E-state index in [-0.39, 0.29) is 22.4 Å². The van der Waals surface area contributed by atoms with Crippen LogP contribution >= 0.6 is 11.6 Å². The normalized spacial score (nSPS) is 13.3. The van der Waals surface area contributed by atoms with Gasteiger partial charge in [0.25, 0.3) is 17.7 Å². The molecule has 0 bridgehead atoms. The van der Waals surface area contributed by atoms with Crippen molar-refractivity contribution in [2.24, 2.45) is 0 Å². The van der Waals surface area contributed by atoms with Gasteiger partial charge in [-0.2, -0.15) is 0 Å². The Morgan fingerprint density at radius 3 is 2.22 bits per heavy atom. The molecular formula is C28H24ClN3O5. The van der Waals surface area contributed by atoms with E-state index >= 15 is 0 Å². The Balaban J connectivity index is 1.50. The lowest BCUT2D eigenvalue weighted by atomic mass is 10.1. The number of hydrogen-bond acceptors (Lipinski definition) is 6. The number of benzene rings is 3. The van der Waals surface area contributed by atoms with Crippen LogP contribution in [0.1, 0.15) is 40.1 Å². The first kappa shape index (κ1) is 25.7. The molecule has 3 amide bonds. The second-order valence-electron chi connectivity index (χ2n) is 8.62. The summed E-state index contributed by atoms with van der Waals surface area (Å²) in [4.78, 5) is 51.9. The molecule has 3 aromatic rings. The van der Waals surface area contributed by atoms with Gasteiger partial charge in [-0.1, -0.05) is 41.9 Å². The number of anilines is 3. The summed E-state index contributed by atoms with van der Waals surface area (Å²) in [5.41, 5.74) is 2.51. The van der Waals surface area contributed by atoms with Crippen molar-refractivity contribution in [3.8, 4) is 0 Å². The van der Waals surface area contributed by atoms with Gasteiger partial charge in [0.1, 0.15) is 10.7 Å². The van der Waals surface area contributed by atoms with Crippen molar-refractivity contribution in [2.75, 3.05) is 15.5 Å². The van der Waals surface area contributed by atoms with Gasteiger partial charge in [0.05, 0.1) is 17.4 Å². The van der Waals surface area contributed by atoms with Crippen molar-refractivity contribution in [1.29, 1.82) is 0 Å². The molecule has 1 aliphatic heterocycles. The fourth-order valence-corrected chi connectivity index (χ4v) is 3.95. The number of halogens is 1. The summed E-state index contributed by atoms with van der Waals surface area (Å²) in [6, 6.07) is 19.8. The van der Waals surface area contributed by atoms with Gasteiger partial charge >= 0.3 is 5.97 Å². The Bertz CT molecular complexity index is 1450. The summed E-state index contributed by atoms with van der Waals surface area (Å²) >= 11 is 6.24. The van der Waals surface area contributed by atoms with Crippen LogP contribution in [-0.2, 0) is 14.3 Å². The second-order valence-corrected chi connectivity index (χ2v) is 8.99. The van der Waals surface area contributed by atoms with Gasteiger partial charge in [0.2, 0.25) is 0 Å². The van der Waals surface area contributed by atoms with Crippen LogP contribution in [0.2, 0.25) is 0 Å². The monoisotopic (exact) mass is 517 g/mol. The Kier molecular flexibility index (Phi) is 7.40. The molecule has 1 aliphatic rings. The highest BCUT2D eigenvalue weighted by atomic mass is 35.5. The molecule has 3 aromatic carbocycles. The minimum atomic E-state index is -0.631. The third kappa shape index (κ3) is 5.54. The first-order valence-electron chi connectivity index (χ1n) is 11.5. The molecule has 0 aromatic heterocycles. The summed E-state index contributed by atoms with van der Waals surface area (Å²) in [6.45, 7) is 5.30. The second kappa shape index (κ2) is 10.7. The van der Waals surface area contributed by atoms with E-state index in [1.807, 2.05) is 6.07 Å². The van der Waals surface area contributed by atoms with Crippen LogP contribution in [0.5, 0.6) is 0 Å². The van der Waals surface area contributed by atoms with Crippen LogP contribution in [0.4, 0.5) is 17.1 Å². The van der Waals surface area contributed by atoms with Crippen LogP contribution in [0.25, 0.3) is 0 Å². The Hall–Kier alpha value is -4.43. The standard InChI is InChI=1S/C28H24ClN3O5/c1-16(2)37-28(36)19-10-7-12-21(15-19)31-25(33)18-9-6-11-20(14-18)30-24-23(29)26(34)32(27(24)35)22-13-5-4-8-17(22)3/h4-16,30H,1-3H3,(H,31,33). The van der Waals surface area contributed by atoms with Crippen molar-refractivity contribution in [3.63, 3.8) is 0 Å². The summed E-state index contributed by atoms with van der Waals surface area (Å²) < 4.78 is 5.20. The van der Waals surface area contributed by atoms with E-state index in [0.717, 1.165) is 10.5 Å². The van der Waals surface area contributed by atoms with E-state index in [9.17, 15) is 19.2 Å². The van der Waals surface area contributed by atoms with Crippen molar-refractivity contribution in [3.05, 3.63) is 100 Å². The number of amides is 3. The average molecular weight is 518 g/mol. The van der Waals surface area contributed by atoms with Gasteiger partial charge in [-0.05, 0) is 68.8 Å². The molecule has 9 heteroatoms. The van der Waals surface area contributed by atoms with Crippen LogP contribution in [0.15, 0.2) is 83.5 Å². The van der Waals surface area contributed by atoms with Gasteiger partial charge in [-0.15, -0.1) is 0 Å². The molecule has 0 unspecified atom stereocenters. The molecule has 2 N–H and O–H groups in total. The minimum absolute atomic E-state index is 0.0798.